The van der Waals surface area contributed by atoms with Crippen molar-refractivity contribution >= 4 is 30.2 Å². The molecule has 0 bridgehead atoms. The van der Waals surface area contributed by atoms with Crippen molar-refractivity contribution in [3.8, 4) is 11.5 Å². The van der Waals surface area contributed by atoms with Crippen LogP contribution in [0.3, 0.4) is 0 Å². The number of piperidine rings is 1. The first-order chi connectivity index (χ1) is 15.7. The van der Waals surface area contributed by atoms with Crippen LogP contribution in [0, 0.1) is 5.92 Å². The van der Waals surface area contributed by atoms with Crippen LogP contribution in [0.1, 0.15) is 57.9 Å². The van der Waals surface area contributed by atoms with Gasteiger partial charge in [-0.25, -0.2) is 9.78 Å². The summed E-state index contributed by atoms with van der Waals surface area (Å²) in [7, 11) is 0. The third-order valence-corrected chi connectivity index (χ3v) is 6.78. The topological polar surface area (TPSA) is 63.2 Å². The van der Waals surface area contributed by atoms with Gasteiger partial charge in [0.2, 0.25) is 0 Å². The minimum atomic E-state index is -0.465. The minimum absolute atomic E-state index is 0.204. The molecule has 1 N–H and O–H groups in total. The number of hydrogen-bond donors (Lipinski definition) is 1. The van der Waals surface area contributed by atoms with Crippen molar-refractivity contribution in [1.29, 1.82) is 0 Å². The molecule has 1 aliphatic carbocycles. The second kappa shape index (κ2) is 8.08. The highest BCUT2D eigenvalue weighted by atomic mass is 16.6. The van der Waals surface area contributed by atoms with Gasteiger partial charge in [-0.3, -0.25) is 0 Å². The standard InChI is InChI=1S/C27H34N4O2/c1-17-18(2)29-25(28-17)23-15-21-7-6-8-22(24(21)31(23)16-19-9-10-19)20-11-13-30(14-12-20)26(32)33-27(3,4)5/h6-8,15,19-20H,1-2,9-14,16H2,3-5H3,(H,28,29). The predicted octanol–water partition coefficient (Wildman–Crippen LogP) is 4.38. The van der Waals surface area contributed by atoms with Crippen LogP contribution in [0.5, 0.6) is 0 Å². The average Bonchev–Trinajstić information content (AvgIpc) is 3.42. The number of rotatable bonds is 4. The number of likely N-dealkylation sites (tertiary alicyclic amines) is 1. The molecule has 0 radical (unpaired) electrons. The van der Waals surface area contributed by atoms with Gasteiger partial charge in [-0.05, 0) is 69.9 Å². The van der Waals surface area contributed by atoms with Crippen LogP contribution < -0.4 is 10.7 Å². The number of aromatic nitrogens is 3. The van der Waals surface area contributed by atoms with Crippen molar-refractivity contribution < 1.29 is 9.53 Å². The maximum absolute atomic E-state index is 12.5. The molecule has 2 aliphatic rings. The zero-order valence-electron chi connectivity index (χ0n) is 20.0. The first-order valence-corrected chi connectivity index (χ1v) is 12.0. The van der Waals surface area contributed by atoms with Crippen LogP contribution >= 0.6 is 0 Å². The van der Waals surface area contributed by atoms with Gasteiger partial charge in [-0.15, -0.1) is 0 Å². The number of carbonyl (C=O) groups excluding carboxylic acids is 1. The summed E-state index contributed by atoms with van der Waals surface area (Å²) in [5, 5.41) is 2.70. The number of hydrogen-bond acceptors (Lipinski definition) is 3. The molecule has 1 aromatic carbocycles. The number of imidazole rings is 1. The lowest BCUT2D eigenvalue weighted by Crippen LogP contribution is -2.41. The lowest BCUT2D eigenvalue weighted by Gasteiger charge is -2.34. The van der Waals surface area contributed by atoms with Gasteiger partial charge in [0.1, 0.15) is 5.60 Å². The lowest BCUT2D eigenvalue weighted by molar-refractivity contribution is 0.0205. The van der Waals surface area contributed by atoms with Gasteiger partial charge in [0.15, 0.2) is 5.82 Å². The van der Waals surface area contributed by atoms with E-state index in [0.717, 1.165) is 55.3 Å². The SMILES string of the molecule is C=c1nc(-c2cc3cccc(C4CCN(C(=O)OC(C)(C)C)CC4)c3n2CC2CC2)[nH]c1=C. The molecule has 3 aromatic rings. The Kier molecular flexibility index (Phi) is 5.34. The predicted molar refractivity (Wildman–Crippen MR) is 132 cm³/mol. The first-order valence-electron chi connectivity index (χ1n) is 12.0. The van der Waals surface area contributed by atoms with Crippen LogP contribution in [0.4, 0.5) is 4.79 Å². The van der Waals surface area contributed by atoms with E-state index in [4.69, 9.17) is 4.74 Å². The van der Waals surface area contributed by atoms with Gasteiger partial charge >= 0.3 is 6.09 Å². The number of nitrogens with zero attached hydrogens (tertiary/aromatic N) is 3. The summed E-state index contributed by atoms with van der Waals surface area (Å²) in [6.07, 6.45) is 4.25. The van der Waals surface area contributed by atoms with Gasteiger partial charge in [-0.1, -0.05) is 31.4 Å². The highest BCUT2D eigenvalue weighted by Crippen LogP contribution is 2.39. The Balaban J connectivity index is 1.47. The van der Waals surface area contributed by atoms with Crippen molar-refractivity contribution in [2.45, 2.75) is 64.5 Å². The smallest absolute Gasteiger partial charge is 0.410 e. The number of ether oxygens (including phenoxy) is 1. The normalized spacial score (nSPS) is 17.6. The third kappa shape index (κ3) is 4.43. The van der Waals surface area contributed by atoms with Crippen molar-refractivity contribution in [2.75, 3.05) is 13.1 Å². The molecular weight excluding hydrogens is 412 g/mol. The van der Waals surface area contributed by atoms with Crippen LogP contribution in [0.15, 0.2) is 24.3 Å². The van der Waals surface area contributed by atoms with Crippen LogP contribution in [-0.2, 0) is 11.3 Å². The number of amides is 1. The fraction of sp³-hybridized carbons (Fsp3) is 0.481. The van der Waals surface area contributed by atoms with E-state index < -0.39 is 5.60 Å². The molecule has 33 heavy (non-hydrogen) atoms. The van der Waals surface area contributed by atoms with Crippen molar-refractivity contribution in [2.24, 2.45) is 5.92 Å². The van der Waals surface area contributed by atoms with E-state index in [-0.39, 0.29) is 6.09 Å². The zero-order chi connectivity index (χ0) is 23.3. The Bertz CT molecular complexity index is 1260. The molecule has 1 saturated carbocycles. The zero-order valence-corrected chi connectivity index (χ0v) is 20.0. The Morgan fingerprint density at radius 1 is 1.18 bits per heavy atom. The summed E-state index contributed by atoms with van der Waals surface area (Å²) in [4.78, 5) is 22.4. The van der Waals surface area contributed by atoms with E-state index >= 15 is 0 Å². The van der Waals surface area contributed by atoms with Crippen LogP contribution in [0.2, 0.25) is 0 Å². The molecule has 174 valence electrons. The Hall–Kier alpha value is -3.02. The molecule has 2 aromatic heterocycles. The molecule has 1 saturated heterocycles. The number of aromatic amines is 1. The molecule has 3 heterocycles. The summed E-state index contributed by atoms with van der Waals surface area (Å²) < 4.78 is 8.04. The summed E-state index contributed by atoms with van der Waals surface area (Å²) in [5.41, 5.74) is 3.32. The van der Waals surface area contributed by atoms with Gasteiger partial charge < -0.3 is 19.2 Å². The molecule has 2 fully saturated rings. The monoisotopic (exact) mass is 446 g/mol. The molecule has 1 amide bonds. The second-order valence-electron chi connectivity index (χ2n) is 10.6. The molecule has 1 aliphatic heterocycles. The van der Waals surface area contributed by atoms with E-state index in [1.807, 2.05) is 25.7 Å². The van der Waals surface area contributed by atoms with Gasteiger partial charge in [-0.2, -0.15) is 0 Å². The lowest BCUT2D eigenvalue weighted by atomic mass is 9.88. The summed E-state index contributed by atoms with van der Waals surface area (Å²) in [6, 6.07) is 8.87. The van der Waals surface area contributed by atoms with E-state index in [1.165, 1.54) is 29.3 Å². The number of benzene rings is 1. The highest BCUT2D eigenvalue weighted by molar-refractivity contribution is 5.89. The Labute approximate surface area is 195 Å². The molecule has 0 atom stereocenters. The van der Waals surface area contributed by atoms with Crippen molar-refractivity contribution in [3.63, 3.8) is 0 Å². The average molecular weight is 447 g/mol. The summed E-state index contributed by atoms with van der Waals surface area (Å²) in [5.74, 6) is 1.99. The van der Waals surface area contributed by atoms with Crippen LogP contribution in [0.25, 0.3) is 35.6 Å². The molecule has 5 rings (SSSR count). The number of nitrogens with one attached hydrogen (secondary N) is 1. The molecule has 6 heteroatoms. The number of carbonyl (C=O) groups is 1. The largest absolute Gasteiger partial charge is 0.444 e. The first kappa shape index (κ1) is 21.8. The third-order valence-electron chi connectivity index (χ3n) is 6.78. The van der Waals surface area contributed by atoms with Gasteiger partial charge in [0.25, 0.3) is 0 Å². The Morgan fingerprint density at radius 3 is 2.52 bits per heavy atom. The second-order valence-corrected chi connectivity index (χ2v) is 10.6. The van der Waals surface area contributed by atoms with E-state index in [1.54, 1.807) is 0 Å². The van der Waals surface area contributed by atoms with E-state index in [2.05, 4.69) is 52.0 Å². The molecule has 6 nitrogen and oxygen atoms in total. The van der Waals surface area contributed by atoms with Gasteiger partial charge in [0.05, 0.1) is 21.9 Å². The number of H-pyrrole nitrogens is 1. The number of para-hydroxylation sites is 1. The summed E-state index contributed by atoms with van der Waals surface area (Å²) >= 11 is 0. The van der Waals surface area contributed by atoms with E-state index in [9.17, 15) is 4.79 Å². The van der Waals surface area contributed by atoms with Crippen molar-refractivity contribution in [3.05, 3.63) is 40.5 Å². The number of fused-ring (bicyclic) bond motifs is 1. The maximum atomic E-state index is 12.5. The van der Waals surface area contributed by atoms with Crippen molar-refractivity contribution in [1.82, 2.24) is 19.4 Å². The van der Waals surface area contributed by atoms with Gasteiger partial charge in [0, 0.05) is 25.0 Å². The summed E-state index contributed by atoms with van der Waals surface area (Å²) in [6.45, 7) is 16.2. The maximum Gasteiger partial charge on any atom is 0.410 e. The fourth-order valence-corrected chi connectivity index (χ4v) is 4.89. The Morgan fingerprint density at radius 2 is 1.91 bits per heavy atom. The molecule has 0 spiro atoms. The molecule has 0 unspecified atom stereocenters. The van der Waals surface area contributed by atoms with E-state index in [0.29, 0.717) is 11.3 Å². The quantitative estimate of drug-likeness (QED) is 0.647. The minimum Gasteiger partial charge on any atom is -0.444 e. The van der Waals surface area contributed by atoms with Crippen LogP contribution in [-0.4, -0.2) is 44.2 Å². The fourth-order valence-electron chi connectivity index (χ4n) is 4.89. The molecular formula is C27H34N4O2. The highest BCUT2D eigenvalue weighted by Gasteiger charge is 2.30.